The average molecular weight is 438 g/mol. The molecule has 1 aromatic heterocycles. The molecule has 0 bridgehead atoms. The number of hydrogen-bond acceptors (Lipinski definition) is 6. The molecule has 1 fully saturated rings. The van der Waals surface area contributed by atoms with E-state index in [1.807, 2.05) is 0 Å². The predicted octanol–water partition coefficient (Wildman–Crippen LogP) is 4.79. The van der Waals surface area contributed by atoms with Gasteiger partial charge in [-0.3, -0.25) is 4.98 Å². The van der Waals surface area contributed by atoms with Gasteiger partial charge in [0.25, 0.3) is 0 Å². The summed E-state index contributed by atoms with van der Waals surface area (Å²) in [5.74, 6) is -1.24. The molecule has 1 saturated heterocycles. The second-order valence-corrected chi connectivity index (χ2v) is 7.52. The Morgan fingerprint density at radius 1 is 1.17 bits per heavy atom. The maximum absolute atomic E-state index is 13.0. The minimum Gasteiger partial charge on any atom is -0.465 e. The van der Waals surface area contributed by atoms with Gasteiger partial charge in [0, 0.05) is 17.7 Å². The third-order valence-electron chi connectivity index (χ3n) is 4.80. The van der Waals surface area contributed by atoms with Crippen molar-refractivity contribution in [2.24, 2.45) is 0 Å². The van der Waals surface area contributed by atoms with Gasteiger partial charge < -0.3 is 14.2 Å². The lowest BCUT2D eigenvalue weighted by molar-refractivity contribution is 0.0161. The first kappa shape index (κ1) is 21.6. The minimum absolute atomic E-state index is 0.127. The monoisotopic (exact) mass is 437 g/mol. The van der Waals surface area contributed by atoms with Crippen molar-refractivity contribution in [3.63, 3.8) is 0 Å². The number of esters is 2. The molecule has 0 spiro atoms. The van der Waals surface area contributed by atoms with Crippen LogP contribution in [-0.2, 0) is 14.2 Å². The van der Waals surface area contributed by atoms with Crippen LogP contribution >= 0.6 is 23.2 Å². The maximum Gasteiger partial charge on any atom is 0.340 e. The highest BCUT2D eigenvalue weighted by atomic mass is 35.5. The van der Waals surface area contributed by atoms with E-state index in [1.165, 1.54) is 7.11 Å². The van der Waals surface area contributed by atoms with Crippen molar-refractivity contribution in [1.82, 2.24) is 4.98 Å². The lowest BCUT2D eigenvalue weighted by Crippen LogP contribution is -2.21. The summed E-state index contributed by atoms with van der Waals surface area (Å²) in [5.41, 5.74) is 1.85. The number of rotatable bonds is 5. The summed E-state index contributed by atoms with van der Waals surface area (Å²) >= 11 is 12.6. The number of aromatic nitrogens is 1. The van der Waals surface area contributed by atoms with Gasteiger partial charge in [0.1, 0.15) is 6.61 Å². The molecule has 6 nitrogen and oxygen atoms in total. The van der Waals surface area contributed by atoms with Gasteiger partial charge in [0.2, 0.25) is 0 Å². The Hall–Kier alpha value is -2.15. The zero-order valence-electron chi connectivity index (χ0n) is 16.4. The summed E-state index contributed by atoms with van der Waals surface area (Å²) in [4.78, 5) is 30.0. The smallest absolute Gasteiger partial charge is 0.340 e. The highest BCUT2D eigenvalue weighted by molar-refractivity contribution is 6.44. The molecule has 3 rings (SSSR count). The number of ether oxygens (including phenoxy) is 3. The van der Waals surface area contributed by atoms with Crippen molar-refractivity contribution < 1.29 is 23.8 Å². The van der Waals surface area contributed by atoms with E-state index < -0.39 is 11.9 Å². The molecule has 1 aliphatic rings. The highest BCUT2D eigenvalue weighted by Gasteiger charge is 2.29. The third kappa shape index (κ3) is 4.39. The first-order chi connectivity index (χ1) is 13.8. The molecule has 0 amide bonds. The molecule has 154 valence electrons. The van der Waals surface area contributed by atoms with E-state index in [0.29, 0.717) is 34.1 Å². The quantitative estimate of drug-likeness (QED) is 0.625. The molecule has 1 aliphatic heterocycles. The van der Waals surface area contributed by atoms with Crippen LogP contribution in [0.15, 0.2) is 18.2 Å². The van der Waals surface area contributed by atoms with Crippen molar-refractivity contribution in [3.05, 3.63) is 50.8 Å². The minimum atomic E-state index is -0.630. The van der Waals surface area contributed by atoms with Crippen molar-refractivity contribution >= 4 is 35.1 Å². The van der Waals surface area contributed by atoms with Crippen molar-refractivity contribution in [2.45, 2.75) is 32.8 Å². The van der Waals surface area contributed by atoms with Crippen molar-refractivity contribution in [1.29, 1.82) is 0 Å². The van der Waals surface area contributed by atoms with E-state index in [4.69, 9.17) is 37.4 Å². The molecule has 1 aromatic carbocycles. The number of carbonyl (C=O) groups excluding carboxylic acids is 2. The SMILES string of the molecule is COC(=O)c1c(C)nc(C)c(C(=O)OCC2CCCO2)c1-c1cccc(Cl)c1Cl. The van der Waals surface area contributed by atoms with Crippen LogP contribution in [-0.4, -0.2) is 43.4 Å². The number of pyridine rings is 1. The van der Waals surface area contributed by atoms with Gasteiger partial charge in [-0.2, -0.15) is 0 Å². The van der Waals surface area contributed by atoms with Crippen LogP contribution in [0.2, 0.25) is 10.0 Å². The summed E-state index contributed by atoms with van der Waals surface area (Å²) < 4.78 is 16.0. The largest absolute Gasteiger partial charge is 0.465 e. The molecule has 29 heavy (non-hydrogen) atoms. The Bertz CT molecular complexity index is 955. The first-order valence-corrected chi connectivity index (χ1v) is 9.93. The zero-order chi connectivity index (χ0) is 21.1. The second kappa shape index (κ2) is 9.11. The van der Waals surface area contributed by atoms with Gasteiger partial charge in [0.05, 0.1) is 45.8 Å². The van der Waals surface area contributed by atoms with Crippen molar-refractivity contribution in [3.8, 4) is 11.1 Å². The standard InChI is InChI=1S/C21H21Cl2NO5/c1-11-16(20(25)27-3)18(14-7-4-8-15(22)19(14)23)17(12(2)24-11)21(26)29-10-13-6-5-9-28-13/h4,7-8,13H,5-6,9-10H2,1-3H3. The Kier molecular flexibility index (Phi) is 6.77. The second-order valence-electron chi connectivity index (χ2n) is 6.73. The van der Waals surface area contributed by atoms with E-state index in [0.717, 1.165) is 12.8 Å². The zero-order valence-corrected chi connectivity index (χ0v) is 17.9. The maximum atomic E-state index is 13.0. The number of carbonyl (C=O) groups is 2. The lowest BCUT2D eigenvalue weighted by atomic mass is 9.92. The van der Waals surface area contributed by atoms with Crippen LogP contribution in [0.3, 0.4) is 0 Å². The molecular weight excluding hydrogens is 417 g/mol. The van der Waals surface area contributed by atoms with E-state index >= 15 is 0 Å². The van der Waals surface area contributed by atoms with Crippen LogP contribution < -0.4 is 0 Å². The van der Waals surface area contributed by atoms with E-state index in [1.54, 1.807) is 32.0 Å². The summed E-state index contributed by atoms with van der Waals surface area (Å²) in [6.45, 7) is 4.13. The average Bonchev–Trinajstić information content (AvgIpc) is 3.21. The van der Waals surface area contributed by atoms with Crippen LogP contribution in [0.5, 0.6) is 0 Å². The van der Waals surface area contributed by atoms with Gasteiger partial charge in [-0.15, -0.1) is 0 Å². The fourth-order valence-electron chi connectivity index (χ4n) is 3.43. The molecular formula is C21H21Cl2NO5. The Labute approximate surface area is 179 Å². The van der Waals surface area contributed by atoms with Crippen LogP contribution in [0.25, 0.3) is 11.1 Å². The fraction of sp³-hybridized carbons (Fsp3) is 0.381. The van der Waals surface area contributed by atoms with E-state index in [2.05, 4.69) is 4.98 Å². The molecule has 1 atom stereocenters. The number of hydrogen-bond donors (Lipinski definition) is 0. The number of nitrogens with zero attached hydrogens (tertiary/aromatic N) is 1. The topological polar surface area (TPSA) is 74.7 Å². The first-order valence-electron chi connectivity index (χ1n) is 9.17. The Balaban J connectivity index is 2.17. The molecule has 0 saturated carbocycles. The summed E-state index contributed by atoms with van der Waals surface area (Å²) in [6.07, 6.45) is 1.64. The van der Waals surface area contributed by atoms with Crippen LogP contribution in [0, 0.1) is 13.8 Å². The van der Waals surface area contributed by atoms with Gasteiger partial charge in [-0.25, -0.2) is 9.59 Å². The molecule has 0 radical (unpaired) electrons. The van der Waals surface area contributed by atoms with Gasteiger partial charge in [-0.05, 0) is 32.8 Å². The van der Waals surface area contributed by atoms with Crippen LogP contribution in [0.4, 0.5) is 0 Å². The number of methoxy groups -OCH3 is 1. The number of aryl methyl sites for hydroxylation is 2. The normalized spacial score (nSPS) is 16.0. The molecule has 1 unspecified atom stereocenters. The van der Waals surface area contributed by atoms with Crippen LogP contribution in [0.1, 0.15) is 44.9 Å². The Morgan fingerprint density at radius 2 is 1.86 bits per heavy atom. The molecule has 2 aromatic rings. The van der Waals surface area contributed by atoms with E-state index in [-0.39, 0.29) is 28.9 Å². The Morgan fingerprint density at radius 3 is 2.48 bits per heavy atom. The molecule has 2 heterocycles. The van der Waals surface area contributed by atoms with Gasteiger partial charge >= 0.3 is 11.9 Å². The lowest BCUT2D eigenvalue weighted by Gasteiger charge is -2.19. The molecule has 0 aliphatic carbocycles. The summed E-state index contributed by atoms with van der Waals surface area (Å²) in [5, 5.41) is 0.517. The van der Waals surface area contributed by atoms with Crippen molar-refractivity contribution in [2.75, 3.05) is 20.3 Å². The number of benzene rings is 1. The number of halogens is 2. The third-order valence-corrected chi connectivity index (χ3v) is 5.62. The summed E-state index contributed by atoms with van der Waals surface area (Å²) in [6, 6.07) is 5.00. The highest BCUT2D eigenvalue weighted by Crippen LogP contribution is 2.39. The van der Waals surface area contributed by atoms with Gasteiger partial charge in [0.15, 0.2) is 0 Å². The van der Waals surface area contributed by atoms with E-state index in [9.17, 15) is 9.59 Å². The molecule has 8 heteroatoms. The predicted molar refractivity (Wildman–Crippen MR) is 110 cm³/mol. The fourth-order valence-corrected chi connectivity index (χ4v) is 3.83. The summed E-state index contributed by atoms with van der Waals surface area (Å²) in [7, 11) is 1.26. The van der Waals surface area contributed by atoms with Gasteiger partial charge in [-0.1, -0.05) is 35.3 Å². The molecule has 0 N–H and O–H groups in total.